The van der Waals surface area contributed by atoms with Gasteiger partial charge < -0.3 is 4.42 Å². The highest BCUT2D eigenvalue weighted by Gasteiger charge is 2.19. The molecule has 2 heterocycles. The Bertz CT molecular complexity index is 1750. The van der Waals surface area contributed by atoms with Gasteiger partial charge in [0.25, 0.3) is 0 Å². The molecule has 0 fully saturated rings. The zero-order valence-corrected chi connectivity index (χ0v) is 20.9. The summed E-state index contributed by atoms with van der Waals surface area (Å²) in [4.78, 5) is 9.72. The smallest absolute Gasteiger partial charge is 0.227 e. The second-order valence-electron chi connectivity index (χ2n) is 9.27. The number of rotatable bonds is 6. The maximum Gasteiger partial charge on any atom is 0.227 e. The third-order valence-corrected chi connectivity index (χ3v) is 6.89. The van der Waals surface area contributed by atoms with Crippen LogP contribution in [0.15, 0.2) is 89.3 Å². The Kier molecular flexibility index (Phi) is 5.78. The molecule has 5 nitrogen and oxygen atoms in total. The van der Waals surface area contributed by atoms with Crippen LogP contribution in [0, 0.1) is 18.3 Å². The van der Waals surface area contributed by atoms with Crippen molar-refractivity contribution in [2.24, 2.45) is 0 Å². The standard InChI is InChI=1S/C32H26N4O/c1-3-4-14-31-34-27-19-23(32-35-26-12-8-9-13-30(26)37-32)15-17-29(27)36(31)28-18-16-24(25(20-33)21(28)2)22-10-6-5-7-11-22/h5-13,15-19H,3-4,14H2,1-2H3. The maximum atomic E-state index is 10.1. The minimum absolute atomic E-state index is 0.586. The highest BCUT2D eigenvalue weighted by Crippen LogP contribution is 2.34. The lowest BCUT2D eigenvalue weighted by atomic mass is 9.95. The van der Waals surface area contributed by atoms with Crippen molar-refractivity contribution in [1.82, 2.24) is 14.5 Å². The summed E-state index contributed by atoms with van der Waals surface area (Å²) in [5.74, 6) is 1.58. The first-order valence-electron chi connectivity index (χ1n) is 12.6. The summed E-state index contributed by atoms with van der Waals surface area (Å²) in [6, 6.07) is 30.7. The largest absolute Gasteiger partial charge is 0.436 e. The maximum absolute atomic E-state index is 10.1. The number of nitriles is 1. The topological polar surface area (TPSA) is 67.6 Å². The molecule has 6 aromatic rings. The summed E-state index contributed by atoms with van der Waals surface area (Å²) in [6.45, 7) is 4.22. The van der Waals surface area contributed by atoms with Gasteiger partial charge in [0.2, 0.25) is 5.89 Å². The molecule has 0 atom stereocenters. The summed E-state index contributed by atoms with van der Waals surface area (Å²) < 4.78 is 8.23. The van der Waals surface area contributed by atoms with Gasteiger partial charge in [-0.1, -0.05) is 61.9 Å². The van der Waals surface area contributed by atoms with E-state index in [-0.39, 0.29) is 0 Å². The molecule has 0 saturated carbocycles. The first-order valence-corrected chi connectivity index (χ1v) is 12.6. The van der Waals surface area contributed by atoms with Crippen molar-refractivity contribution in [3.8, 4) is 34.3 Å². The van der Waals surface area contributed by atoms with Crippen LogP contribution in [0.1, 0.15) is 36.7 Å². The van der Waals surface area contributed by atoms with Crippen LogP contribution in [0.4, 0.5) is 0 Å². The van der Waals surface area contributed by atoms with Crippen LogP contribution in [0.25, 0.3) is 50.4 Å². The molecule has 0 spiro atoms. The Hall–Kier alpha value is -4.69. The SMILES string of the molecule is CCCCc1nc2cc(-c3nc4ccccc4o3)ccc2n1-c1ccc(-c2ccccc2)c(C#N)c1C. The Morgan fingerprint density at radius 2 is 1.68 bits per heavy atom. The predicted octanol–water partition coefficient (Wildman–Crippen LogP) is 8.02. The molecule has 4 aromatic carbocycles. The molecule has 0 aliphatic carbocycles. The van der Waals surface area contributed by atoms with Gasteiger partial charge in [-0.2, -0.15) is 5.26 Å². The van der Waals surface area contributed by atoms with Gasteiger partial charge in [0, 0.05) is 12.0 Å². The van der Waals surface area contributed by atoms with Gasteiger partial charge in [0.15, 0.2) is 5.58 Å². The van der Waals surface area contributed by atoms with Crippen LogP contribution >= 0.6 is 0 Å². The van der Waals surface area contributed by atoms with E-state index < -0.39 is 0 Å². The molecule has 0 aliphatic heterocycles. The Labute approximate surface area is 215 Å². The summed E-state index contributed by atoms with van der Waals surface area (Å²) in [7, 11) is 0. The van der Waals surface area contributed by atoms with Crippen molar-refractivity contribution in [1.29, 1.82) is 5.26 Å². The first-order chi connectivity index (χ1) is 18.2. The molecule has 0 amide bonds. The molecule has 6 rings (SSSR count). The third kappa shape index (κ3) is 3.97. The average Bonchev–Trinajstić information content (AvgIpc) is 3.53. The van der Waals surface area contributed by atoms with Gasteiger partial charge in [-0.05, 0) is 66.4 Å². The Morgan fingerprint density at radius 3 is 2.46 bits per heavy atom. The van der Waals surface area contributed by atoms with E-state index in [0.29, 0.717) is 11.5 Å². The number of para-hydroxylation sites is 2. The summed E-state index contributed by atoms with van der Waals surface area (Å²) in [5.41, 5.74) is 9.00. The fourth-order valence-corrected chi connectivity index (χ4v) is 4.98. The Morgan fingerprint density at radius 1 is 0.865 bits per heavy atom. The van der Waals surface area contributed by atoms with Crippen molar-refractivity contribution < 1.29 is 4.42 Å². The molecule has 0 unspecified atom stereocenters. The first kappa shape index (κ1) is 22.8. The number of hydrogen-bond acceptors (Lipinski definition) is 4. The monoisotopic (exact) mass is 482 g/mol. The van der Waals surface area contributed by atoms with E-state index in [2.05, 4.69) is 40.7 Å². The highest BCUT2D eigenvalue weighted by molar-refractivity contribution is 5.85. The lowest BCUT2D eigenvalue weighted by Gasteiger charge is -2.16. The van der Waals surface area contributed by atoms with E-state index in [1.54, 1.807) is 0 Å². The van der Waals surface area contributed by atoms with Gasteiger partial charge in [-0.15, -0.1) is 0 Å². The normalized spacial score (nSPS) is 11.3. The summed E-state index contributed by atoms with van der Waals surface area (Å²) in [5, 5.41) is 10.1. The lowest BCUT2D eigenvalue weighted by Crippen LogP contribution is -2.05. The molecule has 2 aromatic heterocycles. The van der Waals surface area contributed by atoms with Gasteiger partial charge in [0.1, 0.15) is 17.4 Å². The molecule has 0 bridgehead atoms. The zero-order chi connectivity index (χ0) is 25.4. The van der Waals surface area contributed by atoms with Crippen LogP contribution in [0.2, 0.25) is 0 Å². The van der Waals surface area contributed by atoms with Crippen LogP contribution < -0.4 is 0 Å². The minimum atomic E-state index is 0.586. The molecule has 0 saturated heterocycles. The van der Waals surface area contributed by atoms with Crippen LogP contribution in [-0.2, 0) is 6.42 Å². The van der Waals surface area contributed by atoms with Gasteiger partial charge in [-0.25, -0.2) is 9.97 Å². The average molecular weight is 483 g/mol. The van der Waals surface area contributed by atoms with Crippen molar-refractivity contribution in [3.63, 3.8) is 0 Å². The number of fused-ring (bicyclic) bond motifs is 2. The number of aromatic nitrogens is 3. The second-order valence-corrected chi connectivity index (χ2v) is 9.27. The van der Waals surface area contributed by atoms with E-state index >= 15 is 0 Å². The van der Waals surface area contributed by atoms with Crippen molar-refractivity contribution in [2.45, 2.75) is 33.1 Å². The van der Waals surface area contributed by atoms with E-state index in [1.165, 1.54) is 0 Å². The van der Waals surface area contributed by atoms with E-state index in [9.17, 15) is 5.26 Å². The number of imidazole rings is 1. The number of benzene rings is 4. The summed E-state index contributed by atoms with van der Waals surface area (Å²) in [6.07, 6.45) is 2.96. The Balaban J connectivity index is 1.52. The van der Waals surface area contributed by atoms with Gasteiger partial charge >= 0.3 is 0 Å². The molecule has 5 heteroatoms. The summed E-state index contributed by atoms with van der Waals surface area (Å²) >= 11 is 0. The van der Waals surface area contributed by atoms with Crippen LogP contribution in [0.5, 0.6) is 0 Å². The molecule has 0 N–H and O–H groups in total. The van der Waals surface area contributed by atoms with Crippen LogP contribution in [0.3, 0.4) is 0 Å². The fraction of sp³-hybridized carbons (Fsp3) is 0.156. The number of unbranched alkanes of at least 4 members (excludes halogenated alkanes) is 1. The second kappa shape index (κ2) is 9.40. The number of aryl methyl sites for hydroxylation is 1. The van der Waals surface area contributed by atoms with E-state index in [1.807, 2.05) is 73.7 Å². The third-order valence-electron chi connectivity index (χ3n) is 6.89. The van der Waals surface area contributed by atoms with Gasteiger partial charge in [-0.3, -0.25) is 4.57 Å². The minimum Gasteiger partial charge on any atom is -0.436 e. The zero-order valence-electron chi connectivity index (χ0n) is 20.9. The molecular formula is C32H26N4O. The molecule has 0 aliphatic rings. The molecule has 0 radical (unpaired) electrons. The molecule has 180 valence electrons. The number of oxazole rings is 1. The van der Waals surface area contributed by atoms with Gasteiger partial charge in [0.05, 0.1) is 22.3 Å². The molecular weight excluding hydrogens is 456 g/mol. The molecule has 37 heavy (non-hydrogen) atoms. The lowest BCUT2D eigenvalue weighted by molar-refractivity contribution is 0.620. The number of hydrogen-bond donors (Lipinski definition) is 0. The highest BCUT2D eigenvalue weighted by atomic mass is 16.3. The fourth-order valence-electron chi connectivity index (χ4n) is 4.98. The van der Waals surface area contributed by atoms with Crippen molar-refractivity contribution in [2.75, 3.05) is 0 Å². The van der Waals surface area contributed by atoms with Crippen molar-refractivity contribution in [3.05, 3.63) is 102 Å². The number of nitrogens with zero attached hydrogens (tertiary/aromatic N) is 4. The van der Waals surface area contributed by atoms with E-state index in [4.69, 9.17) is 9.40 Å². The van der Waals surface area contributed by atoms with E-state index in [0.717, 1.165) is 75.2 Å². The van der Waals surface area contributed by atoms with Crippen LogP contribution in [-0.4, -0.2) is 14.5 Å². The quantitative estimate of drug-likeness (QED) is 0.241. The predicted molar refractivity (Wildman–Crippen MR) is 148 cm³/mol. The van der Waals surface area contributed by atoms with Crippen molar-refractivity contribution >= 4 is 22.1 Å².